The molecule has 9 heteroatoms. The van der Waals surface area contributed by atoms with Crippen molar-refractivity contribution < 1.29 is 19.3 Å². The molecule has 1 unspecified atom stereocenters. The summed E-state index contributed by atoms with van der Waals surface area (Å²) in [6.07, 6.45) is -0.230. The Morgan fingerprint density at radius 1 is 1.06 bits per heavy atom. The lowest BCUT2D eigenvalue weighted by atomic mass is 10.1. The van der Waals surface area contributed by atoms with Crippen LogP contribution in [0.1, 0.15) is 27.9 Å². The van der Waals surface area contributed by atoms with Crippen molar-refractivity contribution in [3.8, 4) is 6.07 Å². The van der Waals surface area contributed by atoms with Crippen LogP contribution >= 0.6 is 0 Å². The number of benzene rings is 3. The number of nitrogens with zero attached hydrogens (tertiary/aromatic N) is 4. The second-order valence-corrected chi connectivity index (χ2v) is 7.67. The number of anilines is 1. The van der Waals surface area contributed by atoms with Crippen molar-refractivity contribution in [3.63, 3.8) is 0 Å². The predicted molar refractivity (Wildman–Crippen MR) is 121 cm³/mol. The van der Waals surface area contributed by atoms with Crippen LogP contribution in [0.15, 0.2) is 78.9 Å². The third-order valence-electron chi connectivity index (χ3n) is 5.51. The summed E-state index contributed by atoms with van der Waals surface area (Å²) in [6, 6.07) is 21.1. The average Bonchev–Trinajstić information content (AvgIpc) is 3.16. The lowest BCUT2D eigenvalue weighted by Crippen LogP contribution is -2.45. The van der Waals surface area contributed by atoms with Crippen LogP contribution in [0.5, 0.6) is 0 Å². The van der Waals surface area contributed by atoms with Gasteiger partial charge >= 0.3 is 0 Å². The highest BCUT2D eigenvalue weighted by Crippen LogP contribution is 2.28. The van der Waals surface area contributed by atoms with Crippen molar-refractivity contribution in [1.29, 1.82) is 5.26 Å². The number of nitro groups is 1. The van der Waals surface area contributed by atoms with Gasteiger partial charge in [0.25, 0.3) is 17.5 Å². The topological polar surface area (TPSA) is 125 Å². The molecule has 3 aromatic carbocycles. The lowest BCUT2D eigenvalue weighted by molar-refractivity contribution is -0.384. The summed E-state index contributed by atoms with van der Waals surface area (Å²) in [5.74, 6) is -1.66. The summed E-state index contributed by atoms with van der Waals surface area (Å²) in [7, 11) is 0. The third-order valence-corrected chi connectivity index (χ3v) is 5.51. The van der Waals surface area contributed by atoms with Gasteiger partial charge in [0.1, 0.15) is 6.04 Å². The van der Waals surface area contributed by atoms with Gasteiger partial charge in [-0.25, -0.2) is 4.90 Å². The SMILES string of the molecule is N#Cc1ccc(N2C(=O)CC(N(Cc3ccccc3)C(=O)c3cccc([N+](=O)[O-])c3)C2=O)cc1. The molecule has 3 aromatic rings. The number of non-ortho nitro benzene ring substituents is 1. The third kappa shape index (κ3) is 4.38. The predicted octanol–water partition coefficient (Wildman–Crippen LogP) is 3.44. The Labute approximate surface area is 194 Å². The Kier molecular flexibility index (Phi) is 6.14. The number of hydrogen-bond acceptors (Lipinski definition) is 6. The zero-order valence-electron chi connectivity index (χ0n) is 17.8. The van der Waals surface area contributed by atoms with Crippen molar-refractivity contribution >= 4 is 29.1 Å². The van der Waals surface area contributed by atoms with Gasteiger partial charge in [0.2, 0.25) is 5.91 Å². The van der Waals surface area contributed by atoms with E-state index in [1.807, 2.05) is 12.1 Å². The first-order valence-corrected chi connectivity index (χ1v) is 10.4. The van der Waals surface area contributed by atoms with Crippen molar-refractivity contribution in [1.82, 2.24) is 4.90 Å². The van der Waals surface area contributed by atoms with Crippen LogP contribution in [-0.2, 0) is 16.1 Å². The molecule has 1 atom stereocenters. The molecule has 0 saturated carbocycles. The van der Waals surface area contributed by atoms with Crippen molar-refractivity contribution in [2.75, 3.05) is 4.90 Å². The first-order valence-electron chi connectivity index (χ1n) is 10.4. The quantitative estimate of drug-likeness (QED) is 0.319. The summed E-state index contributed by atoms with van der Waals surface area (Å²) in [4.78, 5) is 52.5. The van der Waals surface area contributed by atoms with Gasteiger partial charge in [-0.3, -0.25) is 24.5 Å². The zero-order chi connectivity index (χ0) is 24.2. The molecule has 1 fully saturated rings. The number of carbonyl (C=O) groups excluding carboxylic acids is 3. The number of carbonyl (C=O) groups is 3. The monoisotopic (exact) mass is 454 g/mol. The van der Waals surface area contributed by atoms with Crippen LogP contribution in [-0.4, -0.2) is 33.6 Å². The highest BCUT2D eigenvalue weighted by atomic mass is 16.6. The van der Waals surface area contributed by atoms with Gasteiger partial charge < -0.3 is 4.90 Å². The summed E-state index contributed by atoms with van der Waals surface area (Å²) in [5.41, 5.74) is 1.21. The van der Waals surface area contributed by atoms with Crippen LogP contribution in [0, 0.1) is 21.4 Å². The molecule has 1 aliphatic heterocycles. The summed E-state index contributed by atoms with van der Waals surface area (Å²) in [5, 5.41) is 20.2. The molecule has 34 heavy (non-hydrogen) atoms. The van der Waals surface area contributed by atoms with Crippen LogP contribution in [0.25, 0.3) is 0 Å². The van der Waals surface area contributed by atoms with E-state index >= 15 is 0 Å². The van der Waals surface area contributed by atoms with E-state index in [9.17, 15) is 24.5 Å². The van der Waals surface area contributed by atoms with E-state index in [2.05, 4.69) is 0 Å². The summed E-state index contributed by atoms with van der Waals surface area (Å²) >= 11 is 0. The van der Waals surface area contributed by atoms with E-state index < -0.39 is 28.7 Å². The second-order valence-electron chi connectivity index (χ2n) is 7.67. The Morgan fingerprint density at radius 3 is 2.41 bits per heavy atom. The number of imide groups is 1. The highest BCUT2D eigenvalue weighted by molar-refractivity contribution is 6.23. The maximum Gasteiger partial charge on any atom is 0.270 e. The molecule has 0 spiro atoms. The number of hydrogen-bond donors (Lipinski definition) is 0. The lowest BCUT2D eigenvalue weighted by Gasteiger charge is -2.28. The first kappa shape index (κ1) is 22.4. The Morgan fingerprint density at radius 2 is 1.76 bits per heavy atom. The maximum atomic E-state index is 13.5. The van der Waals surface area contributed by atoms with Crippen molar-refractivity contribution in [2.24, 2.45) is 0 Å². The van der Waals surface area contributed by atoms with Gasteiger partial charge in [-0.05, 0) is 35.9 Å². The van der Waals surface area contributed by atoms with E-state index in [0.29, 0.717) is 11.3 Å². The van der Waals surface area contributed by atoms with Crippen molar-refractivity contribution in [3.05, 3.63) is 106 Å². The van der Waals surface area contributed by atoms with E-state index in [0.717, 1.165) is 16.5 Å². The maximum absolute atomic E-state index is 13.5. The highest BCUT2D eigenvalue weighted by Gasteiger charge is 2.44. The van der Waals surface area contributed by atoms with Crippen LogP contribution in [0.3, 0.4) is 0 Å². The van der Waals surface area contributed by atoms with Crippen LogP contribution in [0.2, 0.25) is 0 Å². The van der Waals surface area contributed by atoms with Crippen molar-refractivity contribution in [2.45, 2.75) is 19.0 Å². The van der Waals surface area contributed by atoms with Gasteiger partial charge in [0, 0.05) is 24.2 Å². The molecule has 0 N–H and O–H groups in total. The molecule has 1 aliphatic rings. The van der Waals surface area contributed by atoms with Gasteiger partial charge in [-0.2, -0.15) is 5.26 Å². The van der Waals surface area contributed by atoms with Gasteiger partial charge in [-0.15, -0.1) is 0 Å². The Bertz CT molecular complexity index is 1320. The summed E-state index contributed by atoms with van der Waals surface area (Å²) in [6.45, 7) is 0.0350. The molecule has 0 aliphatic carbocycles. The normalized spacial score (nSPS) is 15.1. The number of nitriles is 1. The van der Waals surface area contributed by atoms with E-state index in [4.69, 9.17) is 5.26 Å². The Hall–Kier alpha value is -4.84. The molecule has 0 aromatic heterocycles. The fraction of sp³-hybridized carbons (Fsp3) is 0.120. The molecule has 168 valence electrons. The number of rotatable bonds is 6. The fourth-order valence-corrected chi connectivity index (χ4v) is 3.84. The molecular formula is C25H18N4O5. The molecule has 1 heterocycles. The number of nitro benzene ring substituents is 1. The van der Waals surface area contributed by atoms with Crippen LogP contribution < -0.4 is 4.90 Å². The standard InChI is InChI=1S/C25H18N4O5/c26-15-17-9-11-20(12-10-17)28-23(30)14-22(25(28)32)27(16-18-5-2-1-3-6-18)24(31)19-7-4-8-21(13-19)29(33)34/h1-13,22H,14,16H2. The van der Waals surface area contributed by atoms with E-state index in [-0.39, 0.29) is 24.2 Å². The van der Waals surface area contributed by atoms with Gasteiger partial charge in [0.15, 0.2) is 0 Å². The molecule has 3 amide bonds. The minimum absolute atomic E-state index is 0.0350. The molecule has 0 bridgehead atoms. The molecule has 0 radical (unpaired) electrons. The minimum atomic E-state index is -1.09. The smallest absolute Gasteiger partial charge is 0.270 e. The fourth-order valence-electron chi connectivity index (χ4n) is 3.84. The van der Waals surface area contributed by atoms with E-state index in [1.54, 1.807) is 24.3 Å². The minimum Gasteiger partial charge on any atom is -0.322 e. The van der Waals surface area contributed by atoms with Gasteiger partial charge in [-0.1, -0.05) is 36.4 Å². The molecule has 4 rings (SSSR count). The zero-order valence-corrected chi connectivity index (χ0v) is 17.8. The first-order chi connectivity index (χ1) is 16.4. The second kappa shape index (κ2) is 9.34. The number of amides is 3. The average molecular weight is 454 g/mol. The molecular weight excluding hydrogens is 436 g/mol. The van der Waals surface area contributed by atoms with E-state index in [1.165, 1.54) is 47.4 Å². The van der Waals surface area contributed by atoms with Gasteiger partial charge in [0.05, 0.1) is 28.7 Å². The van der Waals surface area contributed by atoms with Crippen LogP contribution in [0.4, 0.5) is 11.4 Å². The Balaban J connectivity index is 1.70. The largest absolute Gasteiger partial charge is 0.322 e. The summed E-state index contributed by atoms with van der Waals surface area (Å²) < 4.78 is 0. The molecule has 1 saturated heterocycles. The molecule has 9 nitrogen and oxygen atoms in total.